The van der Waals surface area contributed by atoms with Crippen LogP contribution in [0.15, 0.2) is 30.3 Å². The van der Waals surface area contributed by atoms with Crippen LogP contribution in [0.5, 0.6) is 0 Å². The lowest BCUT2D eigenvalue weighted by Gasteiger charge is -1.82. The standard InChI is InChI=1S/C7H8.F2S/c1-7-5-3-2-4-6-7;1-3-2/h2-6H,1H3;. The molecule has 1 aromatic carbocycles. The first-order valence-electron chi connectivity index (χ1n) is 2.72. The van der Waals surface area contributed by atoms with Gasteiger partial charge in [-0.1, -0.05) is 35.9 Å². The van der Waals surface area contributed by atoms with Crippen LogP contribution >= 0.6 is 12.5 Å². The van der Waals surface area contributed by atoms with Gasteiger partial charge in [0.05, 0.1) is 0 Å². The molecule has 56 valence electrons. The maximum absolute atomic E-state index is 9.54. The molecule has 3 heteroatoms. The van der Waals surface area contributed by atoms with E-state index in [2.05, 4.69) is 19.1 Å². The number of hydrogen-bond donors (Lipinski definition) is 0. The van der Waals surface area contributed by atoms with Gasteiger partial charge >= 0.3 is 0 Å². The van der Waals surface area contributed by atoms with Crippen LogP contribution < -0.4 is 0 Å². The molecule has 0 unspecified atom stereocenters. The predicted molar refractivity (Wildman–Crippen MR) is 41.0 cm³/mol. The SMILES string of the molecule is Cc1ccccc1.FSF. The molecule has 0 aliphatic heterocycles. The van der Waals surface area contributed by atoms with Gasteiger partial charge in [0.15, 0.2) is 0 Å². The minimum atomic E-state index is -1.25. The summed E-state index contributed by atoms with van der Waals surface area (Å²) >= 11 is -1.25. The van der Waals surface area contributed by atoms with Gasteiger partial charge in [-0.2, -0.15) is 0 Å². The highest BCUT2D eigenvalue weighted by molar-refractivity contribution is 7.89. The van der Waals surface area contributed by atoms with Crippen molar-refractivity contribution in [2.75, 3.05) is 0 Å². The lowest BCUT2D eigenvalue weighted by atomic mass is 10.2. The first-order chi connectivity index (χ1) is 4.81. The van der Waals surface area contributed by atoms with Crippen molar-refractivity contribution < 1.29 is 7.77 Å². The van der Waals surface area contributed by atoms with Crippen molar-refractivity contribution >= 4 is 12.5 Å². The lowest BCUT2D eigenvalue weighted by Crippen LogP contribution is -1.62. The van der Waals surface area contributed by atoms with Crippen LogP contribution in [0, 0.1) is 6.92 Å². The van der Waals surface area contributed by atoms with E-state index in [9.17, 15) is 7.77 Å². The lowest BCUT2D eigenvalue weighted by molar-refractivity contribution is 0.814. The van der Waals surface area contributed by atoms with Gasteiger partial charge in [0.1, 0.15) is 0 Å². The van der Waals surface area contributed by atoms with Gasteiger partial charge < -0.3 is 0 Å². The summed E-state index contributed by atoms with van der Waals surface area (Å²) in [5, 5.41) is 0. The highest BCUT2D eigenvalue weighted by Crippen LogP contribution is 1.95. The van der Waals surface area contributed by atoms with Gasteiger partial charge in [0.2, 0.25) is 0 Å². The van der Waals surface area contributed by atoms with Gasteiger partial charge in [0, 0.05) is 0 Å². The molecule has 0 amide bonds. The number of rotatable bonds is 0. The van der Waals surface area contributed by atoms with Crippen LogP contribution in [0.1, 0.15) is 5.56 Å². The van der Waals surface area contributed by atoms with Crippen LogP contribution in [0.3, 0.4) is 0 Å². The van der Waals surface area contributed by atoms with E-state index < -0.39 is 12.5 Å². The normalized spacial score (nSPS) is 7.90. The molecule has 0 N–H and O–H groups in total. The minimum absolute atomic E-state index is 1.25. The van der Waals surface area contributed by atoms with Gasteiger partial charge in [0.25, 0.3) is 12.5 Å². The first-order valence-corrected chi connectivity index (χ1v) is 3.34. The third-order valence-electron chi connectivity index (χ3n) is 0.940. The van der Waals surface area contributed by atoms with Gasteiger partial charge in [-0.25, -0.2) is 0 Å². The summed E-state index contributed by atoms with van der Waals surface area (Å²) in [6.45, 7) is 2.08. The van der Waals surface area contributed by atoms with Crippen LogP contribution in [0.25, 0.3) is 0 Å². The van der Waals surface area contributed by atoms with E-state index in [1.54, 1.807) is 0 Å². The largest absolute Gasteiger partial charge is 0.255 e. The molecule has 0 fully saturated rings. The highest BCUT2D eigenvalue weighted by Gasteiger charge is 1.72. The molecular weight excluding hydrogens is 154 g/mol. The molecule has 1 rings (SSSR count). The van der Waals surface area contributed by atoms with Crippen LogP contribution in [-0.2, 0) is 0 Å². The summed E-state index contributed by atoms with van der Waals surface area (Å²) in [7, 11) is 0. The quantitative estimate of drug-likeness (QED) is 0.562. The Balaban J connectivity index is 0.000000236. The number of benzene rings is 1. The average Bonchev–Trinajstić information content (AvgIpc) is 1.91. The second-order valence-corrected chi connectivity index (χ2v) is 1.83. The van der Waals surface area contributed by atoms with Crippen molar-refractivity contribution in [2.45, 2.75) is 6.92 Å². The van der Waals surface area contributed by atoms with E-state index in [4.69, 9.17) is 0 Å². The van der Waals surface area contributed by atoms with Crippen molar-refractivity contribution in [1.82, 2.24) is 0 Å². The van der Waals surface area contributed by atoms with Gasteiger partial charge in [-0.15, -0.1) is 7.77 Å². The second-order valence-electron chi connectivity index (χ2n) is 1.71. The minimum Gasteiger partial charge on any atom is -0.127 e. The summed E-state index contributed by atoms with van der Waals surface area (Å²) in [5.41, 5.74) is 1.32. The Labute approximate surface area is 63.8 Å². The molecule has 0 aliphatic rings. The molecule has 0 aromatic heterocycles. The fraction of sp³-hybridized carbons (Fsp3) is 0.143. The third-order valence-corrected chi connectivity index (χ3v) is 0.940. The van der Waals surface area contributed by atoms with Crippen molar-refractivity contribution in [3.8, 4) is 0 Å². The Morgan fingerprint density at radius 3 is 1.70 bits per heavy atom. The maximum Gasteiger partial charge on any atom is 0.255 e. The summed E-state index contributed by atoms with van der Waals surface area (Å²) in [4.78, 5) is 0. The van der Waals surface area contributed by atoms with E-state index in [1.165, 1.54) is 5.56 Å². The van der Waals surface area contributed by atoms with Crippen molar-refractivity contribution in [3.63, 3.8) is 0 Å². The summed E-state index contributed by atoms with van der Waals surface area (Å²) < 4.78 is 19.1. The van der Waals surface area contributed by atoms with Crippen LogP contribution in [0.4, 0.5) is 7.77 Å². The predicted octanol–water partition coefficient (Wildman–Crippen LogP) is 3.48. The summed E-state index contributed by atoms with van der Waals surface area (Å²) in [6, 6.07) is 10.3. The summed E-state index contributed by atoms with van der Waals surface area (Å²) in [5.74, 6) is 0. The summed E-state index contributed by atoms with van der Waals surface area (Å²) in [6.07, 6.45) is 0. The molecule has 0 heterocycles. The zero-order valence-electron chi connectivity index (χ0n) is 5.55. The van der Waals surface area contributed by atoms with Crippen molar-refractivity contribution in [1.29, 1.82) is 0 Å². The smallest absolute Gasteiger partial charge is 0.127 e. The number of halogens is 2. The highest BCUT2D eigenvalue weighted by atomic mass is 32.2. The molecule has 0 atom stereocenters. The van der Waals surface area contributed by atoms with Gasteiger partial charge in [-0.05, 0) is 6.92 Å². The van der Waals surface area contributed by atoms with E-state index >= 15 is 0 Å². The fourth-order valence-electron chi connectivity index (χ4n) is 0.534. The first kappa shape index (κ1) is 9.43. The zero-order chi connectivity index (χ0) is 7.82. The molecule has 0 aliphatic carbocycles. The number of hydrogen-bond acceptors (Lipinski definition) is 1. The van der Waals surface area contributed by atoms with Crippen LogP contribution in [-0.4, -0.2) is 0 Å². The van der Waals surface area contributed by atoms with Crippen LogP contribution in [0.2, 0.25) is 0 Å². The zero-order valence-corrected chi connectivity index (χ0v) is 6.37. The molecule has 0 saturated heterocycles. The van der Waals surface area contributed by atoms with E-state index in [1.807, 2.05) is 18.2 Å². The molecule has 1 aromatic rings. The van der Waals surface area contributed by atoms with E-state index in [0.29, 0.717) is 0 Å². The van der Waals surface area contributed by atoms with Gasteiger partial charge in [-0.3, -0.25) is 0 Å². The molecule has 0 nitrogen and oxygen atoms in total. The monoisotopic (exact) mass is 162 g/mol. The van der Waals surface area contributed by atoms with E-state index in [-0.39, 0.29) is 0 Å². The Morgan fingerprint density at radius 2 is 1.50 bits per heavy atom. The molecule has 0 bridgehead atoms. The Morgan fingerprint density at radius 1 is 1.10 bits per heavy atom. The molecule has 0 spiro atoms. The Bertz CT molecular complexity index is 153. The fourth-order valence-corrected chi connectivity index (χ4v) is 0.534. The maximum atomic E-state index is 9.54. The molecule has 10 heavy (non-hydrogen) atoms. The Kier molecular flexibility index (Phi) is 6.18. The molecule has 0 saturated carbocycles. The molecule has 0 radical (unpaired) electrons. The van der Waals surface area contributed by atoms with Crippen molar-refractivity contribution in [2.24, 2.45) is 0 Å². The topological polar surface area (TPSA) is 0 Å². The third kappa shape index (κ3) is 5.56. The molecular formula is C7H8F2S. The second kappa shape index (κ2) is 6.55. The Hall–Kier alpha value is -0.570. The average molecular weight is 162 g/mol. The van der Waals surface area contributed by atoms with E-state index in [0.717, 1.165) is 0 Å². The van der Waals surface area contributed by atoms with Crippen molar-refractivity contribution in [3.05, 3.63) is 35.9 Å². The number of aryl methyl sites for hydroxylation is 1.